The van der Waals surface area contributed by atoms with Crippen molar-refractivity contribution >= 4 is 7.25 Å². The summed E-state index contributed by atoms with van der Waals surface area (Å²) in [4.78, 5) is 0. The van der Waals surface area contributed by atoms with Crippen LogP contribution in [-0.4, -0.2) is 7.25 Å². The van der Waals surface area contributed by atoms with Crippen molar-refractivity contribution in [2.45, 2.75) is 52.4 Å². The number of nitrogens with zero attached hydrogens (tertiary/aromatic N) is 1. The molecule has 7 heteroatoms. The maximum Gasteiger partial charge on any atom is 0.673 e. The molecule has 1 aromatic carbocycles. The first-order valence-electron chi connectivity index (χ1n) is 8.48. The van der Waals surface area contributed by atoms with E-state index in [2.05, 4.69) is 59.7 Å². The van der Waals surface area contributed by atoms with E-state index < -0.39 is 7.25 Å². The zero-order chi connectivity index (χ0) is 21.0. The van der Waals surface area contributed by atoms with Crippen molar-refractivity contribution in [2.75, 3.05) is 0 Å². The molecule has 0 atom stereocenters. The van der Waals surface area contributed by atoms with Crippen molar-refractivity contribution < 1.29 is 21.7 Å². The van der Waals surface area contributed by atoms with E-state index in [1.54, 1.807) is 0 Å². The minimum absolute atomic E-state index is 0.0530. The Morgan fingerprint density at radius 2 is 1.15 bits per heavy atom. The number of hydrogen-bond acceptors (Lipinski definition) is 1. The Kier molecular flexibility index (Phi) is 6.82. The zero-order valence-corrected chi connectivity index (χ0v) is 16.4. The number of halogens is 4. The van der Waals surface area contributed by atoms with Gasteiger partial charge in [0.2, 0.25) is 0 Å². The van der Waals surface area contributed by atoms with Gasteiger partial charge in [-0.1, -0.05) is 12.1 Å². The Morgan fingerprint density at radius 1 is 0.778 bits per heavy atom. The highest BCUT2D eigenvalue weighted by atomic mass is 19.5. The SMILES string of the molecule is CC(C)(C)c1cc(-c2ccc(C#N)cc2)cc(C(C)(C)C)[o+]1.F[B-](F)(F)F. The van der Waals surface area contributed by atoms with Gasteiger partial charge < -0.3 is 17.3 Å². The number of nitriles is 1. The molecular weight excluding hydrogens is 357 g/mol. The predicted octanol–water partition coefficient (Wildman–Crippen LogP) is 6.99. The average molecular weight is 381 g/mol. The smallest absolute Gasteiger partial charge is 0.418 e. The zero-order valence-electron chi connectivity index (χ0n) is 16.4. The van der Waals surface area contributed by atoms with Crippen molar-refractivity contribution in [3.8, 4) is 17.2 Å². The quantitative estimate of drug-likeness (QED) is 0.303. The summed E-state index contributed by atoms with van der Waals surface area (Å²) in [5.74, 6) is 1.94. The Morgan fingerprint density at radius 3 is 1.44 bits per heavy atom. The minimum Gasteiger partial charge on any atom is -0.418 e. The third-order valence-electron chi connectivity index (χ3n) is 3.62. The van der Waals surface area contributed by atoms with E-state index >= 15 is 0 Å². The van der Waals surface area contributed by atoms with E-state index in [9.17, 15) is 17.3 Å². The first kappa shape index (κ1) is 22.7. The first-order valence-corrected chi connectivity index (χ1v) is 8.48. The molecule has 0 fully saturated rings. The fourth-order valence-corrected chi connectivity index (χ4v) is 2.14. The molecule has 0 saturated carbocycles. The van der Waals surface area contributed by atoms with Crippen LogP contribution < -0.4 is 0 Å². The lowest BCUT2D eigenvalue weighted by atomic mass is 9.87. The average Bonchev–Trinajstić information content (AvgIpc) is 2.51. The summed E-state index contributed by atoms with van der Waals surface area (Å²) in [5.41, 5.74) is 2.80. The molecule has 0 radical (unpaired) electrons. The van der Waals surface area contributed by atoms with Crippen LogP contribution >= 0.6 is 0 Å². The summed E-state index contributed by atoms with van der Waals surface area (Å²) < 4.78 is 45.2. The molecule has 0 unspecified atom stereocenters. The van der Waals surface area contributed by atoms with Crippen LogP contribution in [0.5, 0.6) is 0 Å². The molecule has 1 heterocycles. The third kappa shape index (κ3) is 7.82. The largest absolute Gasteiger partial charge is 0.673 e. The summed E-state index contributed by atoms with van der Waals surface area (Å²) in [6, 6.07) is 14.1. The molecule has 0 amide bonds. The van der Waals surface area contributed by atoms with Gasteiger partial charge in [-0.2, -0.15) is 5.26 Å². The molecule has 0 aliphatic rings. The Labute approximate surface area is 157 Å². The highest BCUT2D eigenvalue weighted by Crippen LogP contribution is 2.33. The Bertz CT molecular complexity index is 772. The van der Waals surface area contributed by atoms with Gasteiger partial charge in [-0.3, -0.25) is 0 Å². The molecule has 1 aromatic heterocycles. The van der Waals surface area contributed by atoms with E-state index in [4.69, 9.17) is 9.68 Å². The normalized spacial score (nSPS) is 12.0. The van der Waals surface area contributed by atoms with Gasteiger partial charge in [0, 0.05) is 12.1 Å². The van der Waals surface area contributed by atoms with Gasteiger partial charge in [0.25, 0.3) is 0 Å². The van der Waals surface area contributed by atoms with E-state index in [0.29, 0.717) is 5.56 Å². The molecule has 27 heavy (non-hydrogen) atoms. The van der Waals surface area contributed by atoms with Crippen LogP contribution in [0.4, 0.5) is 17.3 Å². The molecule has 2 nitrogen and oxygen atoms in total. The van der Waals surface area contributed by atoms with E-state index in [0.717, 1.165) is 22.6 Å². The van der Waals surface area contributed by atoms with E-state index in [1.807, 2.05) is 24.3 Å². The van der Waals surface area contributed by atoms with Gasteiger partial charge >= 0.3 is 18.8 Å². The maximum absolute atomic E-state index is 9.75. The van der Waals surface area contributed by atoms with Gasteiger partial charge in [-0.15, -0.1) is 0 Å². The minimum atomic E-state index is -6.00. The second-order valence-electron chi connectivity index (χ2n) is 8.26. The molecule has 0 bridgehead atoms. The molecular formula is C20H24BF4NO. The molecule has 2 rings (SSSR count). The summed E-state index contributed by atoms with van der Waals surface area (Å²) in [6.45, 7) is 12.9. The number of benzene rings is 1. The van der Waals surface area contributed by atoms with Gasteiger partial charge in [0.1, 0.15) is 0 Å². The Hall–Kier alpha value is -2.36. The van der Waals surface area contributed by atoms with Crippen molar-refractivity contribution in [1.82, 2.24) is 0 Å². The van der Waals surface area contributed by atoms with Crippen LogP contribution in [-0.2, 0) is 10.8 Å². The van der Waals surface area contributed by atoms with Crippen molar-refractivity contribution in [2.24, 2.45) is 0 Å². The summed E-state index contributed by atoms with van der Waals surface area (Å²) in [5, 5.41) is 8.94. The van der Waals surface area contributed by atoms with E-state index in [-0.39, 0.29) is 10.8 Å². The Balaban J connectivity index is 0.000000646. The second kappa shape index (κ2) is 8.12. The maximum atomic E-state index is 9.75. The van der Waals surface area contributed by atoms with Crippen molar-refractivity contribution in [3.05, 3.63) is 53.5 Å². The second-order valence-corrected chi connectivity index (χ2v) is 8.26. The molecule has 0 aliphatic heterocycles. The molecule has 2 aromatic rings. The number of hydrogen-bond donors (Lipinski definition) is 0. The topological polar surface area (TPSA) is 35.1 Å². The molecule has 0 saturated heterocycles. The third-order valence-corrected chi connectivity index (χ3v) is 3.62. The van der Waals surface area contributed by atoms with Crippen LogP contribution in [0, 0.1) is 11.3 Å². The van der Waals surface area contributed by atoms with E-state index in [1.165, 1.54) is 0 Å². The van der Waals surface area contributed by atoms with Crippen LogP contribution in [0.1, 0.15) is 58.6 Å². The standard InChI is InChI=1S/C20H24NO.BF4/c1-19(2,3)17-11-16(12-18(22-17)20(4,5)6)15-9-7-14(13-21)8-10-15;2-1(3,4)5/h7-12H,1-6H3;/q+1;-1. The molecule has 0 spiro atoms. The van der Waals surface area contributed by atoms with Crippen molar-refractivity contribution in [3.63, 3.8) is 0 Å². The highest BCUT2D eigenvalue weighted by Gasteiger charge is 2.33. The monoisotopic (exact) mass is 381 g/mol. The molecule has 0 aliphatic carbocycles. The predicted molar refractivity (Wildman–Crippen MR) is 101 cm³/mol. The van der Waals surface area contributed by atoms with Gasteiger partial charge in [0.15, 0.2) is 0 Å². The van der Waals surface area contributed by atoms with Gasteiger partial charge in [-0.05, 0) is 64.8 Å². The highest BCUT2D eigenvalue weighted by molar-refractivity contribution is 6.50. The van der Waals surface area contributed by atoms with Crippen LogP contribution in [0.15, 0.2) is 40.8 Å². The summed E-state index contributed by atoms with van der Waals surface area (Å²) >= 11 is 0. The summed E-state index contributed by atoms with van der Waals surface area (Å²) in [7, 11) is -6.00. The molecule has 146 valence electrons. The fourth-order valence-electron chi connectivity index (χ4n) is 2.14. The van der Waals surface area contributed by atoms with Gasteiger partial charge in [0.05, 0.1) is 22.5 Å². The van der Waals surface area contributed by atoms with Crippen LogP contribution in [0.25, 0.3) is 11.1 Å². The lowest BCUT2D eigenvalue weighted by molar-refractivity contribution is 0.329. The first-order chi connectivity index (χ1) is 12.1. The fraction of sp³-hybridized carbons (Fsp3) is 0.400. The van der Waals surface area contributed by atoms with Crippen molar-refractivity contribution in [1.29, 1.82) is 5.26 Å². The number of rotatable bonds is 1. The van der Waals surface area contributed by atoms with Crippen LogP contribution in [0.2, 0.25) is 0 Å². The summed E-state index contributed by atoms with van der Waals surface area (Å²) in [6.07, 6.45) is 0. The lowest BCUT2D eigenvalue weighted by Gasteiger charge is -2.15. The van der Waals surface area contributed by atoms with Gasteiger partial charge in [-0.25, -0.2) is 4.42 Å². The van der Waals surface area contributed by atoms with Crippen LogP contribution in [0.3, 0.4) is 0 Å². The molecule has 0 N–H and O–H groups in total. The lowest BCUT2D eigenvalue weighted by Crippen LogP contribution is -2.16.